The van der Waals surface area contributed by atoms with Gasteiger partial charge >= 0.3 is 0 Å². The van der Waals surface area contributed by atoms with E-state index in [1.54, 1.807) is 18.2 Å². The summed E-state index contributed by atoms with van der Waals surface area (Å²) in [5, 5.41) is 3.33. The van der Waals surface area contributed by atoms with Gasteiger partial charge in [-0.05, 0) is 60.4 Å². The summed E-state index contributed by atoms with van der Waals surface area (Å²) in [7, 11) is 0. The van der Waals surface area contributed by atoms with Gasteiger partial charge in [0.25, 0.3) is 5.91 Å². The van der Waals surface area contributed by atoms with Crippen LogP contribution in [0.15, 0.2) is 66.7 Å². The number of amides is 1. The maximum absolute atomic E-state index is 12.5. The number of nitrogens with one attached hydrogen (secondary N) is 1. The molecule has 0 aliphatic heterocycles. The van der Waals surface area contributed by atoms with Crippen molar-refractivity contribution in [3.05, 3.63) is 82.9 Å². The first kappa shape index (κ1) is 20.7. The molecule has 1 N–H and O–H groups in total. The molecule has 0 saturated heterocycles. The van der Waals surface area contributed by atoms with Gasteiger partial charge in [-0.3, -0.25) is 4.79 Å². The van der Waals surface area contributed by atoms with Crippen LogP contribution in [-0.4, -0.2) is 12.5 Å². The summed E-state index contributed by atoms with van der Waals surface area (Å²) in [5.41, 5.74) is 2.64. The zero-order valence-electron chi connectivity index (χ0n) is 16.7. The van der Waals surface area contributed by atoms with E-state index in [1.165, 1.54) is 0 Å². The lowest BCUT2D eigenvalue weighted by atomic mass is 10.0. The molecule has 0 aromatic heterocycles. The van der Waals surface area contributed by atoms with Gasteiger partial charge < -0.3 is 14.8 Å². The third kappa shape index (κ3) is 5.75. The van der Waals surface area contributed by atoms with E-state index in [9.17, 15) is 4.79 Å². The van der Waals surface area contributed by atoms with Crippen LogP contribution in [0.5, 0.6) is 17.2 Å². The maximum Gasteiger partial charge on any atom is 0.262 e. The quantitative estimate of drug-likeness (QED) is 0.479. The van der Waals surface area contributed by atoms with E-state index in [-0.39, 0.29) is 12.5 Å². The predicted molar refractivity (Wildman–Crippen MR) is 117 cm³/mol. The molecule has 0 saturated carbocycles. The Balaban J connectivity index is 1.71. The highest BCUT2D eigenvalue weighted by atomic mass is 35.5. The topological polar surface area (TPSA) is 47.6 Å². The standard InChI is InChI=1S/C24H24ClNO3/c1-16(2)20-11-9-17(3)13-23(20)28-15-24(27)26-21-14-18(25)10-12-22(21)29-19-7-5-4-6-8-19/h4-14,16H,15H2,1-3H3,(H,26,27). The lowest BCUT2D eigenvalue weighted by molar-refractivity contribution is -0.118. The highest BCUT2D eigenvalue weighted by Gasteiger charge is 2.13. The van der Waals surface area contributed by atoms with Crippen molar-refractivity contribution in [1.29, 1.82) is 0 Å². The Morgan fingerprint density at radius 1 is 1.00 bits per heavy atom. The van der Waals surface area contributed by atoms with Crippen LogP contribution >= 0.6 is 11.6 Å². The first-order valence-electron chi connectivity index (χ1n) is 9.48. The van der Waals surface area contributed by atoms with Crippen molar-refractivity contribution in [2.75, 3.05) is 11.9 Å². The predicted octanol–water partition coefficient (Wildman–Crippen LogP) is 6.58. The molecule has 29 heavy (non-hydrogen) atoms. The molecule has 0 unspecified atom stereocenters. The fraction of sp³-hybridized carbons (Fsp3) is 0.208. The summed E-state index contributed by atoms with van der Waals surface area (Å²) in [6.07, 6.45) is 0. The second-order valence-corrected chi connectivity index (χ2v) is 7.52. The van der Waals surface area contributed by atoms with Gasteiger partial charge in [0.15, 0.2) is 12.4 Å². The van der Waals surface area contributed by atoms with Crippen LogP contribution in [-0.2, 0) is 4.79 Å². The van der Waals surface area contributed by atoms with Crippen molar-refractivity contribution in [2.24, 2.45) is 0 Å². The minimum atomic E-state index is -0.290. The second kappa shape index (κ2) is 9.48. The minimum Gasteiger partial charge on any atom is -0.483 e. The number of aryl methyl sites for hydroxylation is 1. The molecule has 150 valence electrons. The fourth-order valence-electron chi connectivity index (χ4n) is 2.88. The van der Waals surface area contributed by atoms with Crippen molar-refractivity contribution in [2.45, 2.75) is 26.7 Å². The summed E-state index contributed by atoms with van der Waals surface area (Å²) in [4.78, 5) is 12.5. The van der Waals surface area contributed by atoms with Crippen LogP contribution in [0, 0.1) is 6.92 Å². The molecule has 5 heteroatoms. The molecular formula is C24H24ClNO3. The van der Waals surface area contributed by atoms with Gasteiger partial charge in [-0.25, -0.2) is 0 Å². The zero-order valence-corrected chi connectivity index (χ0v) is 17.5. The van der Waals surface area contributed by atoms with Crippen molar-refractivity contribution >= 4 is 23.2 Å². The first-order chi connectivity index (χ1) is 13.9. The van der Waals surface area contributed by atoms with E-state index in [2.05, 4.69) is 19.2 Å². The fourth-order valence-corrected chi connectivity index (χ4v) is 3.05. The van der Waals surface area contributed by atoms with Gasteiger partial charge in [0, 0.05) is 5.02 Å². The van der Waals surface area contributed by atoms with Gasteiger partial charge in [-0.15, -0.1) is 0 Å². The minimum absolute atomic E-state index is 0.111. The second-order valence-electron chi connectivity index (χ2n) is 7.09. The normalized spacial score (nSPS) is 10.7. The Bertz CT molecular complexity index is 987. The Kier molecular flexibility index (Phi) is 6.78. The lowest BCUT2D eigenvalue weighted by Crippen LogP contribution is -2.21. The van der Waals surface area contributed by atoms with Crippen molar-refractivity contribution in [3.8, 4) is 17.2 Å². The van der Waals surface area contributed by atoms with Crippen LogP contribution in [0.25, 0.3) is 0 Å². The molecule has 0 aliphatic rings. The smallest absolute Gasteiger partial charge is 0.262 e. The van der Waals surface area contributed by atoms with E-state index < -0.39 is 0 Å². The Morgan fingerprint density at radius 3 is 2.48 bits per heavy atom. The third-order valence-corrected chi connectivity index (χ3v) is 4.57. The highest BCUT2D eigenvalue weighted by molar-refractivity contribution is 6.31. The van der Waals surface area contributed by atoms with Crippen molar-refractivity contribution < 1.29 is 14.3 Å². The van der Waals surface area contributed by atoms with E-state index in [0.717, 1.165) is 16.9 Å². The highest BCUT2D eigenvalue weighted by Crippen LogP contribution is 2.32. The Morgan fingerprint density at radius 2 is 1.76 bits per heavy atom. The molecule has 3 aromatic rings. The molecule has 0 radical (unpaired) electrons. The zero-order chi connectivity index (χ0) is 20.8. The summed E-state index contributed by atoms with van der Waals surface area (Å²) in [6.45, 7) is 6.07. The van der Waals surface area contributed by atoms with E-state index in [1.807, 2.05) is 55.5 Å². The molecule has 3 rings (SSSR count). The molecule has 0 bridgehead atoms. The van der Waals surface area contributed by atoms with Crippen LogP contribution in [0.1, 0.15) is 30.9 Å². The molecule has 3 aromatic carbocycles. The molecule has 1 amide bonds. The van der Waals surface area contributed by atoms with Crippen molar-refractivity contribution in [3.63, 3.8) is 0 Å². The number of para-hydroxylation sites is 1. The number of hydrogen-bond acceptors (Lipinski definition) is 3. The summed E-state index contributed by atoms with van der Waals surface area (Å²) in [6, 6.07) is 20.5. The van der Waals surface area contributed by atoms with E-state index in [0.29, 0.717) is 28.1 Å². The van der Waals surface area contributed by atoms with Gasteiger partial charge in [0.05, 0.1) is 5.69 Å². The van der Waals surface area contributed by atoms with Gasteiger partial charge in [0.2, 0.25) is 0 Å². The molecule has 0 heterocycles. The molecule has 0 spiro atoms. The van der Waals surface area contributed by atoms with Crippen LogP contribution in [0.4, 0.5) is 5.69 Å². The van der Waals surface area contributed by atoms with Crippen LogP contribution in [0.2, 0.25) is 5.02 Å². The molecular weight excluding hydrogens is 386 g/mol. The number of benzene rings is 3. The van der Waals surface area contributed by atoms with Gasteiger partial charge in [-0.2, -0.15) is 0 Å². The molecule has 0 fully saturated rings. The Hall–Kier alpha value is -2.98. The summed E-state index contributed by atoms with van der Waals surface area (Å²) >= 11 is 6.11. The van der Waals surface area contributed by atoms with Gasteiger partial charge in [-0.1, -0.05) is 55.8 Å². The van der Waals surface area contributed by atoms with Crippen LogP contribution in [0.3, 0.4) is 0 Å². The summed E-state index contributed by atoms with van der Waals surface area (Å²) in [5.74, 6) is 1.91. The number of ether oxygens (including phenoxy) is 2. The molecule has 0 atom stereocenters. The largest absolute Gasteiger partial charge is 0.483 e. The number of carbonyl (C=O) groups is 1. The van der Waals surface area contributed by atoms with Gasteiger partial charge in [0.1, 0.15) is 11.5 Å². The maximum atomic E-state index is 12.5. The van der Waals surface area contributed by atoms with E-state index >= 15 is 0 Å². The average Bonchev–Trinajstić information content (AvgIpc) is 2.69. The number of carbonyl (C=O) groups excluding carboxylic acids is 1. The lowest BCUT2D eigenvalue weighted by Gasteiger charge is -2.16. The molecule has 4 nitrogen and oxygen atoms in total. The third-order valence-electron chi connectivity index (χ3n) is 4.34. The first-order valence-corrected chi connectivity index (χ1v) is 9.86. The number of rotatable bonds is 7. The number of halogens is 1. The number of anilines is 1. The Labute approximate surface area is 176 Å². The SMILES string of the molecule is Cc1ccc(C(C)C)c(OCC(=O)Nc2cc(Cl)ccc2Oc2ccccc2)c1. The average molecular weight is 410 g/mol. The van der Waals surface area contributed by atoms with Crippen molar-refractivity contribution in [1.82, 2.24) is 0 Å². The number of hydrogen-bond donors (Lipinski definition) is 1. The van der Waals surface area contributed by atoms with Crippen LogP contribution < -0.4 is 14.8 Å². The van der Waals surface area contributed by atoms with E-state index in [4.69, 9.17) is 21.1 Å². The molecule has 0 aliphatic carbocycles. The monoisotopic (exact) mass is 409 g/mol. The summed E-state index contributed by atoms with van der Waals surface area (Å²) < 4.78 is 11.7.